The van der Waals surface area contributed by atoms with Crippen LogP contribution in [-0.4, -0.2) is 29.8 Å². The zero-order chi connectivity index (χ0) is 11.9. The first-order chi connectivity index (χ1) is 8.42. The first-order valence-corrected chi connectivity index (χ1v) is 6.06. The van der Waals surface area contributed by atoms with Crippen molar-refractivity contribution >= 4 is 10.9 Å². The van der Waals surface area contributed by atoms with E-state index in [0.29, 0.717) is 0 Å². The molecular weight excluding hydrogens is 212 g/mol. The number of hydrogen-bond acceptors (Lipinski definition) is 3. The maximum Gasteiger partial charge on any atom is 0.0734 e. The molecule has 0 amide bonds. The number of para-hydroxylation sites is 1. The van der Waals surface area contributed by atoms with Crippen LogP contribution in [0.4, 0.5) is 0 Å². The molecule has 0 atom stereocenters. The second kappa shape index (κ2) is 6.33. The van der Waals surface area contributed by atoms with Crippen molar-refractivity contribution in [2.75, 3.05) is 19.7 Å². The molecule has 0 spiro atoms. The molecule has 3 heteroatoms. The van der Waals surface area contributed by atoms with Crippen molar-refractivity contribution in [2.45, 2.75) is 12.8 Å². The molecule has 1 heterocycles. The third-order valence-corrected chi connectivity index (χ3v) is 2.80. The summed E-state index contributed by atoms with van der Waals surface area (Å²) in [4.78, 5) is 4.43. The number of pyridine rings is 1. The minimum absolute atomic E-state index is 0.253. The van der Waals surface area contributed by atoms with Crippen LogP contribution in [0.25, 0.3) is 10.9 Å². The summed E-state index contributed by atoms with van der Waals surface area (Å²) in [7, 11) is 0. The largest absolute Gasteiger partial charge is 0.396 e. The number of fused-ring (bicyclic) bond motifs is 1. The Balaban J connectivity index is 1.98. The lowest BCUT2D eigenvalue weighted by molar-refractivity contribution is 0.286. The lowest BCUT2D eigenvalue weighted by atomic mass is 10.1. The van der Waals surface area contributed by atoms with Crippen molar-refractivity contribution in [2.24, 2.45) is 0 Å². The molecule has 0 unspecified atom stereocenters. The molecule has 0 fully saturated rings. The summed E-state index contributed by atoms with van der Waals surface area (Å²) in [5.74, 6) is 0. The Morgan fingerprint density at radius 2 is 2.00 bits per heavy atom. The van der Waals surface area contributed by atoms with Crippen LogP contribution in [0.15, 0.2) is 36.5 Å². The maximum absolute atomic E-state index is 8.67. The minimum Gasteiger partial charge on any atom is -0.396 e. The highest BCUT2D eigenvalue weighted by atomic mass is 16.3. The zero-order valence-corrected chi connectivity index (χ0v) is 9.89. The van der Waals surface area contributed by atoms with Gasteiger partial charge in [0.25, 0.3) is 0 Å². The van der Waals surface area contributed by atoms with Gasteiger partial charge in [-0.25, -0.2) is 0 Å². The highest BCUT2D eigenvalue weighted by Gasteiger charge is 2.00. The van der Waals surface area contributed by atoms with E-state index < -0.39 is 0 Å². The van der Waals surface area contributed by atoms with E-state index in [1.54, 1.807) is 0 Å². The molecule has 1 aromatic heterocycles. The fourth-order valence-electron chi connectivity index (χ4n) is 1.92. The molecule has 0 radical (unpaired) electrons. The third kappa shape index (κ3) is 3.25. The number of nitrogens with zero attached hydrogens (tertiary/aromatic N) is 1. The van der Waals surface area contributed by atoms with Crippen molar-refractivity contribution < 1.29 is 5.11 Å². The molecule has 2 rings (SSSR count). The van der Waals surface area contributed by atoms with Crippen LogP contribution in [0.2, 0.25) is 0 Å². The van der Waals surface area contributed by atoms with Gasteiger partial charge in [0.1, 0.15) is 0 Å². The van der Waals surface area contributed by atoms with Gasteiger partial charge in [-0.3, -0.25) is 4.98 Å². The van der Waals surface area contributed by atoms with Crippen molar-refractivity contribution in [3.05, 3.63) is 42.1 Å². The van der Waals surface area contributed by atoms with Gasteiger partial charge in [-0.1, -0.05) is 24.3 Å². The van der Waals surface area contributed by atoms with Crippen molar-refractivity contribution in [3.8, 4) is 0 Å². The van der Waals surface area contributed by atoms with Crippen LogP contribution >= 0.6 is 0 Å². The summed E-state index contributed by atoms with van der Waals surface area (Å²) in [6.07, 6.45) is 3.62. The first-order valence-electron chi connectivity index (χ1n) is 6.06. The maximum atomic E-state index is 8.67. The van der Waals surface area contributed by atoms with Crippen LogP contribution in [0.1, 0.15) is 12.0 Å². The molecule has 90 valence electrons. The molecule has 0 aliphatic rings. The topological polar surface area (TPSA) is 45.1 Å². The second-order valence-electron chi connectivity index (χ2n) is 4.07. The SMILES string of the molecule is OCCCNCCc1cccc2cccnc12. The van der Waals surface area contributed by atoms with Crippen LogP contribution < -0.4 is 5.32 Å². The standard InChI is InChI=1S/C14H18N2O/c17-11-3-8-15-10-7-13-5-1-4-12-6-2-9-16-14(12)13/h1-2,4-6,9,15,17H,3,7-8,10-11H2. The normalized spacial score (nSPS) is 10.9. The number of benzene rings is 1. The molecule has 0 aliphatic heterocycles. The molecule has 2 N–H and O–H groups in total. The summed E-state index contributed by atoms with van der Waals surface area (Å²) in [6.45, 7) is 2.05. The highest BCUT2D eigenvalue weighted by Crippen LogP contribution is 2.15. The van der Waals surface area contributed by atoms with Gasteiger partial charge >= 0.3 is 0 Å². The molecule has 0 saturated carbocycles. The Morgan fingerprint density at radius 3 is 2.88 bits per heavy atom. The van der Waals surface area contributed by atoms with E-state index in [-0.39, 0.29) is 6.61 Å². The lowest BCUT2D eigenvalue weighted by Crippen LogP contribution is -2.19. The summed E-state index contributed by atoms with van der Waals surface area (Å²) in [5.41, 5.74) is 2.37. The van der Waals surface area contributed by atoms with E-state index in [1.807, 2.05) is 12.3 Å². The molecule has 0 aliphatic carbocycles. The Morgan fingerprint density at radius 1 is 1.12 bits per heavy atom. The van der Waals surface area contributed by atoms with Gasteiger partial charge in [0, 0.05) is 18.2 Å². The second-order valence-corrected chi connectivity index (χ2v) is 4.07. The number of nitrogens with one attached hydrogen (secondary N) is 1. The number of aliphatic hydroxyl groups excluding tert-OH is 1. The lowest BCUT2D eigenvalue weighted by Gasteiger charge is -2.06. The van der Waals surface area contributed by atoms with E-state index in [1.165, 1.54) is 10.9 Å². The summed E-state index contributed by atoms with van der Waals surface area (Å²) < 4.78 is 0. The average Bonchev–Trinajstić information content (AvgIpc) is 2.39. The number of aromatic nitrogens is 1. The number of hydrogen-bond donors (Lipinski definition) is 2. The molecule has 3 nitrogen and oxygen atoms in total. The van der Waals surface area contributed by atoms with Crippen LogP contribution in [0.3, 0.4) is 0 Å². The van der Waals surface area contributed by atoms with Gasteiger partial charge in [-0.15, -0.1) is 0 Å². The average molecular weight is 230 g/mol. The molecule has 17 heavy (non-hydrogen) atoms. The summed E-state index contributed by atoms with van der Waals surface area (Å²) >= 11 is 0. The fraction of sp³-hybridized carbons (Fsp3) is 0.357. The van der Waals surface area contributed by atoms with Gasteiger partial charge in [0.15, 0.2) is 0 Å². The third-order valence-electron chi connectivity index (χ3n) is 2.80. The van der Waals surface area contributed by atoms with E-state index in [0.717, 1.165) is 31.4 Å². The quantitative estimate of drug-likeness (QED) is 0.743. The molecule has 0 saturated heterocycles. The van der Waals surface area contributed by atoms with Crippen molar-refractivity contribution in [1.82, 2.24) is 10.3 Å². The Labute approximate surface area is 102 Å². The van der Waals surface area contributed by atoms with Crippen LogP contribution in [0, 0.1) is 0 Å². The summed E-state index contributed by atoms with van der Waals surface area (Å²) in [6, 6.07) is 10.3. The van der Waals surface area contributed by atoms with Crippen LogP contribution in [-0.2, 0) is 6.42 Å². The van der Waals surface area contributed by atoms with E-state index in [2.05, 4.69) is 34.6 Å². The minimum atomic E-state index is 0.253. The number of rotatable bonds is 6. The number of aliphatic hydroxyl groups is 1. The Bertz CT molecular complexity index is 465. The zero-order valence-electron chi connectivity index (χ0n) is 9.89. The van der Waals surface area contributed by atoms with Crippen molar-refractivity contribution in [1.29, 1.82) is 0 Å². The van der Waals surface area contributed by atoms with Gasteiger partial charge in [0.05, 0.1) is 5.52 Å². The van der Waals surface area contributed by atoms with Gasteiger partial charge in [0.2, 0.25) is 0 Å². The predicted octanol–water partition coefficient (Wildman–Crippen LogP) is 1.75. The monoisotopic (exact) mass is 230 g/mol. The molecule has 1 aromatic carbocycles. The Hall–Kier alpha value is -1.45. The molecule has 2 aromatic rings. The van der Waals surface area contributed by atoms with E-state index >= 15 is 0 Å². The summed E-state index contributed by atoms with van der Waals surface area (Å²) in [5, 5.41) is 13.2. The van der Waals surface area contributed by atoms with Gasteiger partial charge in [-0.05, 0) is 37.6 Å². The van der Waals surface area contributed by atoms with Crippen molar-refractivity contribution in [3.63, 3.8) is 0 Å². The fourth-order valence-corrected chi connectivity index (χ4v) is 1.92. The Kier molecular flexibility index (Phi) is 4.47. The van der Waals surface area contributed by atoms with Gasteiger partial charge < -0.3 is 10.4 Å². The van der Waals surface area contributed by atoms with E-state index in [9.17, 15) is 0 Å². The first kappa shape index (κ1) is 12.0. The van der Waals surface area contributed by atoms with Gasteiger partial charge in [-0.2, -0.15) is 0 Å². The van der Waals surface area contributed by atoms with Crippen LogP contribution in [0.5, 0.6) is 0 Å². The molecular formula is C14H18N2O. The molecule has 0 bridgehead atoms. The highest BCUT2D eigenvalue weighted by molar-refractivity contribution is 5.81. The predicted molar refractivity (Wildman–Crippen MR) is 70.0 cm³/mol. The van der Waals surface area contributed by atoms with E-state index in [4.69, 9.17) is 5.11 Å². The smallest absolute Gasteiger partial charge is 0.0734 e.